The summed E-state index contributed by atoms with van der Waals surface area (Å²) in [5, 5.41) is 13.7. The molecule has 0 radical (unpaired) electrons. The Kier molecular flexibility index (Phi) is 3.25. The van der Waals surface area contributed by atoms with Gasteiger partial charge in [0.15, 0.2) is 0 Å². The van der Waals surface area contributed by atoms with Crippen LogP contribution in [0.2, 0.25) is 0 Å². The van der Waals surface area contributed by atoms with E-state index in [0.29, 0.717) is 0 Å². The number of carboxylic acid groups (broad SMARTS) is 1. The molecule has 3 N–H and O–H groups in total. The lowest BCUT2D eigenvalue weighted by molar-refractivity contribution is -0.138. The summed E-state index contributed by atoms with van der Waals surface area (Å²) in [4.78, 5) is 21.5. The van der Waals surface area contributed by atoms with E-state index >= 15 is 0 Å². The highest BCUT2D eigenvalue weighted by Gasteiger charge is 2.28. The minimum atomic E-state index is -1.01. The number of hydrogen-bond donors (Lipinski definition) is 3. The quantitative estimate of drug-likeness (QED) is 0.538. The van der Waals surface area contributed by atoms with Gasteiger partial charge in [0.25, 0.3) is 0 Å². The van der Waals surface area contributed by atoms with Gasteiger partial charge >= 0.3 is 5.97 Å². The van der Waals surface area contributed by atoms with Crippen LogP contribution in [0.5, 0.6) is 0 Å². The second-order valence-electron chi connectivity index (χ2n) is 3.31. The van der Waals surface area contributed by atoms with Crippen molar-refractivity contribution in [2.24, 2.45) is 5.92 Å². The van der Waals surface area contributed by atoms with Gasteiger partial charge in [-0.3, -0.25) is 9.59 Å². The van der Waals surface area contributed by atoms with Gasteiger partial charge in [-0.25, -0.2) is 0 Å². The zero-order valence-electron chi connectivity index (χ0n) is 7.54. The van der Waals surface area contributed by atoms with Crippen molar-refractivity contribution < 1.29 is 14.7 Å². The number of rotatable bonds is 3. The molecule has 1 rings (SSSR count). The first kappa shape index (κ1) is 9.98. The minimum Gasteiger partial charge on any atom is -0.480 e. The third kappa shape index (κ3) is 2.69. The first-order valence-corrected chi connectivity index (χ1v) is 4.34. The first-order valence-electron chi connectivity index (χ1n) is 4.34. The fourth-order valence-electron chi connectivity index (χ4n) is 1.46. The van der Waals surface area contributed by atoms with Crippen LogP contribution in [-0.4, -0.2) is 36.1 Å². The average molecular weight is 186 g/mol. The summed E-state index contributed by atoms with van der Waals surface area (Å²) in [5.41, 5.74) is 0. The normalized spacial score (nSPS) is 27.2. The molecule has 74 valence electrons. The lowest BCUT2D eigenvalue weighted by Gasteiger charge is -2.14. The molecule has 1 saturated heterocycles. The highest BCUT2D eigenvalue weighted by atomic mass is 16.4. The minimum absolute atomic E-state index is 0.215. The van der Waals surface area contributed by atoms with Crippen molar-refractivity contribution >= 4 is 11.9 Å². The van der Waals surface area contributed by atoms with Crippen molar-refractivity contribution in [2.75, 3.05) is 13.1 Å². The highest BCUT2D eigenvalue weighted by molar-refractivity contribution is 5.85. The van der Waals surface area contributed by atoms with Crippen LogP contribution < -0.4 is 10.6 Å². The van der Waals surface area contributed by atoms with Gasteiger partial charge in [-0.05, 0) is 18.9 Å². The number of carbonyl (C=O) groups is 2. The number of carbonyl (C=O) groups excluding carboxylic acids is 1. The lowest BCUT2D eigenvalue weighted by Crippen LogP contribution is -2.44. The van der Waals surface area contributed by atoms with Gasteiger partial charge in [0.1, 0.15) is 6.54 Å². The summed E-state index contributed by atoms with van der Waals surface area (Å²) in [6, 6.07) is -0.223. The Morgan fingerprint density at radius 1 is 1.62 bits per heavy atom. The molecule has 1 fully saturated rings. The van der Waals surface area contributed by atoms with Gasteiger partial charge in [-0.1, -0.05) is 6.92 Å². The molecular weight excluding hydrogens is 172 g/mol. The largest absolute Gasteiger partial charge is 0.480 e. The second kappa shape index (κ2) is 4.23. The maximum absolute atomic E-state index is 11.3. The monoisotopic (exact) mass is 186 g/mol. The molecule has 13 heavy (non-hydrogen) atoms. The zero-order valence-corrected chi connectivity index (χ0v) is 7.54. The van der Waals surface area contributed by atoms with E-state index in [1.54, 1.807) is 0 Å². The van der Waals surface area contributed by atoms with Crippen LogP contribution in [0.1, 0.15) is 13.3 Å². The van der Waals surface area contributed by atoms with Gasteiger partial charge in [0, 0.05) is 0 Å². The number of amides is 1. The summed E-state index contributed by atoms with van der Waals surface area (Å²) < 4.78 is 0. The number of carboxylic acids is 1. The molecule has 0 aromatic carbocycles. The Morgan fingerprint density at radius 2 is 2.31 bits per heavy atom. The Bertz CT molecular complexity index is 217. The van der Waals surface area contributed by atoms with Crippen LogP contribution >= 0.6 is 0 Å². The van der Waals surface area contributed by atoms with E-state index in [1.807, 2.05) is 6.92 Å². The molecule has 0 aliphatic carbocycles. The molecule has 0 aromatic rings. The summed E-state index contributed by atoms with van der Waals surface area (Å²) >= 11 is 0. The first-order chi connectivity index (χ1) is 6.11. The van der Waals surface area contributed by atoms with Crippen LogP contribution in [0.25, 0.3) is 0 Å². The maximum Gasteiger partial charge on any atom is 0.322 e. The molecule has 0 bridgehead atoms. The van der Waals surface area contributed by atoms with Gasteiger partial charge in [-0.2, -0.15) is 0 Å². The molecule has 2 atom stereocenters. The fraction of sp³-hybridized carbons (Fsp3) is 0.750. The van der Waals surface area contributed by atoms with Crippen molar-refractivity contribution in [1.82, 2.24) is 10.6 Å². The van der Waals surface area contributed by atoms with E-state index in [9.17, 15) is 9.59 Å². The molecule has 2 unspecified atom stereocenters. The predicted octanol–water partition coefficient (Wildman–Crippen LogP) is -0.815. The third-order valence-corrected chi connectivity index (χ3v) is 2.23. The maximum atomic E-state index is 11.3. The molecule has 5 nitrogen and oxygen atoms in total. The lowest BCUT2D eigenvalue weighted by atomic mass is 10.0. The fourth-order valence-corrected chi connectivity index (χ4v) is 1.46. The Balaban J connectivity index is 2.34. The molecule has 0 saturated carbocycles. The van der Waals surface area contributed by atoms with Gasteiger partial charge < -0.3 is 15.7 Å². The van der Waals surface area contributed by atoms with Crippen molar-refractivity contribution in [3.8, 4) is 0 Å². The van der Waals surface area contributed by atoms with Gasteiger partial charge in [0.2, 0.25) is 5.91 Å². The zero-order chi connectivity index (χ0) is 9.84. The number of nitrogens with one attached hydrogen (secondary N) is 2. The number of hydrogen-bond acceptors (Lipinski definition) is 3. The standard InChI is InChI=1S/C8H14N2O3/c1-5-2-3-9-7(5)8(13)10-4-6(11)12/h5,7,9H,2-4H2,1H3,(H,10,13)(H,11,12). The smallest absolute Gasteiger partial charge is 0.322 e. The molecule has 5 heteroatoms. The molecule has 1 amide bonds. The van der Waals surface area contributed by atoms with Crippen LogP contribution in [0.3, 0.4) is 0 Å². The molecule has 1 aliphatic rings. The predicted molar refractivity (Wildman–Crippen MR) is 46.2 cm³/mol. The van der Waals surface area contributed by atoms with Crippen LogP contribution in [-0.2, 0) is 9.59 Å². The summed E-state index contributed by atoms with van der Waals surface area (Å²) in [6.45, 7) is 2.50. The average Bonchev–Trinajstić information content (AvgIpc) is 2.47. The SMILES string of the molecule is CC1CCNC1C(=O)NCC(=O)O. The van der Waals surface area contributed by atoms with Crippen molar-refractivity contribution in [3.05, 3.63) is 0 Å². The van der Waals surface area contributed by atoms with E-state index in [2.05, 4.69) is 10.6 Å². The van der Waals surface area contributed by atoms with Crippen molar-refractivity contribution in [1.29, 1.82) is 0 Å². The highest BCUT2D eigenvalue weighted by Crippen LogP contribution is 2.13. The Labute approximate surface area is 76.5 Å². The van der Waals surface area contributed by atoms with E-state index in [1.165, 1.54) is 0 Å². The van der Waals surface area contributed by atoms with Crippen molar-refractivity contribution in [3.63, 3.8) is 0 Å². The molecule has 0 spiro atoms. The molecular formula is C8H14N2O3. The summed E-state index contributed by atoms with van der Waals surface area (Å²) in [5.74, 6) is -0.944. The van der Waals surface area contributed by atoms with Crippen molar-refractivity contribution in [2.45, 2.75) is 19.4 Å². The Hall–Kier alpha value is -1.10. The summed E-state index contributed by atoms with van der Waals surface area (Å²) in [7, 11) is 0. The topological polar surface area (TPSA) is 78.4 Å². The molecule has 0 aromatic heterocycles. The van der Waals surface area contributed by atoms with Crippen LogP contribution in [0, 0.1) is 5.92 Å². The Morgan fingerprint density at radius 3 is 2.77 bits per heavy atom. The van der Waals surface area contributed by atoms with Crippen LogP contribution in [0.15, 0.2) is 0 Å². The van der Waals surface area contributed by atoms with Crippen LogP contribution in [0.4, 0.5) is 0 Å². The van der Waals surface area contributed by atoms with E-state index in [0.717, 1.165) is 13.0 Å². The van der Waals surface area contributed by atoms with E-state index in [-0.39, 0.29) is 24.4 Å². The van der Waals surface area contributed by atoms with Gasteiger partial charge in [0.05, 0.1) is 6.04 Å². The van der Waals surface area contributed by atoms with E-state index in [4.69, 9.17) is 5.11 Å². The number of aliphatic carboxylic acids is 1. The summed E-state index contributed by atoms with van der Waals surface area (Å²) in [6.07, 6.45) is 0.963. The second-order valence-corrected chi connectivity index (χ2v) is 3.31. The van der Waals surface area contributed by atoms with E-state index < -0.39 is 5.97 Å². The third-order valence-electron chi connectivity index (χ3n) is 2.23. The molecule has 1 aliphatic heterocycles. The molecule has 1 heterocycles. The van der Waals surface area contributed by atoms with Gasteiger partial charge in [-0.15, -0.1) is 0 Å².